The Kier molecular flexibility index (Phi) is 4.64. The van der Waals surface area contributed by atoms with Gasteiger partial charge in [0, 0.05) is 16.3 Å². The number of halogens is 3. The molecular weight excluding hydrogens is 295 g/mol. The van der Waals surface area contributed by atoms with Crippen molar-refractivity contribution in [1.29, 1.82) is 0 Å². The number of hydrogen-bond acceptors (Lipinski definition) is 2. The molecule has 0 aromatic heterocycles. The molecule has 1 nitrogen and oxygen atoms in total. The summed E-state index contributed by atoms with van der Waals surface area (Å²) in [5.74, 6) is 0. The zero-order valence-electron chi connectivity index (χ0n) is 11.8. The zero-order chi connectivity index (χ0) is 15.6. The van der Waals surface area contributed by atoms with Crippen LogP contribution in [0.2, 0.25) is 0 Å². The molecule has 2 N–H and O–H groups in total. The van der Waals surface area contributed by atoms with E-state index in [4.69, 9.17) is 5.73 Å². The molecule has 0 fully saturated rings. The Labute approximate surface area is 126 Å². The average Bonchev–Trinajstić information content (AvgIpc) is 2.41. The second kappa shape index (κ2) is 6.12. The molecule has 0 saturated carbocycles. The summed E-state index contributed by atoms with van der Waals surface area (Å²) in [6.45, 7) is 3.82. The lowest BCUT2D eigenvalue weighted by atomic mass is 10.1. The van der Waals surface area contributed by atoms with Crippen LogP contribution in [-0.4, -0.2) is 0 Å². The monoisotopic (exact) mass is 311 g/mol. The lowest BCUT2D eigenvalue weighted by Gasteiger charge is -2.14. The van der Waals surface area contributed by atoms with E-state index in [1.54, 1.807) is 6.07 Å². The Hall–Kier alpha value is -1.46. The molecule has 21 heavy (non-hydrogen) atoms. The highest BCUT2D eigenvalue weighted by molar-refractivity contribution is 7.99. The molecule has 0 aliphatic carbocycles. The van der Waals surface area contributed by atoms with Crippen molar-refractivity contribution in [2.24, 2.45) is 5.73 Å². The van der Waals surface area contributed by atoms with E-state index in [1.807, 2.05) is 32.0 Å². The lowest BCUT2D eigenvalue weighted by Crippen LogP contribution is -2.11. The highest BCUT2D eigenvalue weighted by atomic mass is 32.2. The van der Waals surface area contributed by atoms with Crippen LogP contribution in [0.15, 0.2) is 46.2 Å². The highest BCUT2D eigenvalue weighted by Crippen LogP contribution is 2.37. The van der Waals surface area contributed by atoms with E-state index >= 15 is 0 Å². The topological polar surface area (TPSA) is 26.0 Å². The van der Waals surface area contributed by atoms with E-state index in [0.29, 0.717) is 4.90 Å². The van der Waals surface area contributed by atoms with Gasteiger partial charge >= 0.3 is 6.18 Å². The number of rotatable bonds is 3. The Balaban J connectivity index is 2.37. The van der Waals surface area contributed by atoms with E-state index in [0.717, 1.165) is 16.0 Å². The van der Waals surface area contributed by atoms with Crippen LogP contribution in [0.25, 0.3) is 0 Å². The van der Waals surface area contributed by atoms with Crippen molar-refractivity contribution in [3.8, 4) is 0 Å². The molecule has 0 amide bonds. The van der Waals surface area contributed by atoms with Gasteiger partial charge in [0.25, 0.3) is 0 Å². The van der Waals surface area contributed by atoms with Crippen LogP contribution < -0.4 is 5.73 Å². The fourth-order valence-corrected chi connectivity index (χ4v) is 3.02. The van der Waals surface area contributed by atoms with Crippen LogP contribution in [0.1, 0.15) is 22.3 Å². The second-order valence-corrected chi connectivity index (χ2v) is 6.01. The smallest absolute Gasteiger partial charge is 0.326 e. The standard InChI is InChI=1S/C16H16F3NS/c1-10-3-6-15(11(2)7-10)21-13-5-4-12(9-20)14(8-13)16(17,18)19/h3-8H,9,20H2,1-2H3. The van der Waals surface area contributed by atoms with Crippen molar-refractivity contribution in [2.75, 3.05) is 0 Å². The van der Waals surface area contributed by atoms with E-state index in [9.17, 15) is 13.2 Å². The van der Waals surface area contributed by atoms with Gasteiger partial charge in [0.1, 0.15) is 0 Å². The van der Waals surface area contributed by atoms with Crippen LogP contribution in [0, 0.1) is 13.8 Å². The van der Waals surface area contributed by atoms with Crippen molar-refractivity contribution in [3.63, 3.8) is 0 Å². The first-order valence-electron chi connectivity index (χ1n) is 6.46. The van der Waals surface area contributed by atoms with Crippen LogP contribution >= 0.6 is 11.8 Å². The fourth-order valence-electron chi connectivity index (χ4n) is 2.10. The SMILES string of the molecule is Cc1ccc(Sc2ccc(CN)c(C(F)(F)F)c2)c(C)c1. The maximum absolute atomic E-state index is 13.0. The van der Waals surface area contributed by atoms with Crippen molar-refractivity contribution in [3.05, 3.63) is 58.7 Å². The number of nitrogens with two attached hydrogens (primary N) is 1. The van der Waals surface area contributed by atoms with E-state index in [-0.39, 0.29) is 12.1 Å². The van der Waals surface area contributed by atoms with Gasteiger partial charge in [-0.3, -0.25) is 0 Å². The van der Waals surface area contributed by atoms with Crippen LogP contribution in [-0.2, 0) is 12.7 Å². The van der Waals surface area contributed by atoms with Gasteiger partial charge in [-0.25, -0.2) is 0 Å². The Morgan fingerprint density at radius 3 is 2.33 bits per heavy atom. The molecule has 2 aromatic carbocycles. The third kappa shape index (κ3) is 3.80. The summed E-state index contributed by atoms with van der Waals surface area (Å²) in [5, 5.41) is 0. The molecule has 0 radical (unpaired) electrons. The van der Waals surface area contributed by atoms with E-state index in [1.165, 1.54) is 23.9 Å². The van der Waals surface area contributed by atoms with Gasteiger partial charge in [0.05, 0.1) is 5.56 Å². The Bertz CT molecular complexity index is 650. The first-order chi connectivity index (χ1) is 9.81. The summed E-state index contributed by atoms with van der Waals surface area (Å²) >= 11 is 1.33. The van der Waals surface area contributed by atoms with Gasteiger partial charge in [-0.05, 0) is 43.2 Å². The average molecular weight is 311 g/mol. The molecule has 112 valence electrons. The molecule has 2 rings (SSSR count). The van der Waals surface area contributed by atoms with Crippen molar-refractivity contribution in [2.45, 2.75) is 36.4 Å². The minimum atomic E-state index is -4.38. The molecule has 0 saturated heterocycles. The number of aryl methyl sites for hydroxylation is 2. The summed E-state index contributed by atoms with van der Waals surface area (Å²) in [6, 6.07) is 10.2. The molecule has 0 unspecified atom stereocenters. The quantitative estimate of drug-likeness (QED) is 0.869. The summed E-state index contributed by atoms with van der Waals surface area (Å²) in [7, 11) is 0. The first-order valence-corrected chi connectivity index (χ1v) is 7.28. The van der Waals surface area contributed by atoms with Gasteiger partial charge in [-0.2, -0.15) is 13.2 Å². The predicted octanol–water partition coefficient (Wildman–Crippen LogP) is 4.93. The molecule has 0 aliphatic rings. The minimum Gasteiger partial charge on any atom is -0.326 e. The maximum atomic E-state index is 13.0. The number of benzene rings is 2. The molecule has 2 aromatic rings. The largest absolute Gasteiger partial charge is 0.416 e. The van der Waals surface area contributed by atoms with Crippen LogP contribution in [0.3, 0.4) is 0 Å². The highest BCUT2D eigenvalue weighted by Gasteiger charge is 2.33. The zero-order valence-corrected chi connectivity index (χ0v) is 12.6. The van der Waals surface area contributed by atoms with Crippen LogP contribution in [0.5, 0.6) is 0 Å². The molecule has 5 heteroatoms. The van der Waals surface area contributed by atoms with Gasteiger partial charge in [0.15, 0.2) is 0 Å². The van der Waals surface area contributed by atoms with Gasteiger partial charge < -0.3 is 5.73 Å². The molecule has 0 bridgehead atoms. The van der Waals surface area contributed by atoms with Crippen LogP contribution in [0.4, 0.5) is 13.2 Å². The van der Waals surface area contributed by atoms with Crippen molar-refractivity contribution < 1.29 is 13.2 Å². The van der Waals surface area contributed by atoms with E-state index < -0.39 is 11.7 Å². The molecule has 0 spiro atoms. The molecule has 0 atom stereocenters. The number of alkyl halides is 3. The predicted molar refractivity (Wildman–Crippen MR) is 79.4 cm³/mol. The third-order valence-corrected chi connectivity index (χ3v) is 4.33. The molecule has 0 heterocycles. The summed E-state index contributed by atoms with van der Waals surface area (Å²) in [5.41, 5.74) is 7.03. The second-order valence-electron chi connectivity index (χ2n) is 4.89. The molecule has 0 aliphatic heterocycles. The summed E-state index contributed by atoms with van der Waals surface area (Å²) < 4.78 is 39.1. The van der Waals surface area contributed by atoms with E-state index in [2.05, 4.69) is 0 Å². The van der Waals surface area contributed by atoms with Gasteiger partial charge in [0.2, 0.25) is 0 Å². The van der Waals surface area contributed by atoms with Crippen molar-refractivity contribution in [1.82, 2.24) is 0 Å². The minimum absolute atomic E-state index is 0.118. The normalized spacial score (nSPS) is 11.7. The first kappa shape index (κ1) is 15.9. The number of hydrogen-bond donors (Lipinski definition) is 1. The van der Waals surface area contributed by atoms with Crippen molar-refractivity contribution >= 4 is 11.8 Å². The molecular formula is C16H16F3NS. The fraction of sp³-hybridized carbons (Fsp3) is 0.250. The van der Waals surface area contributed by atoms with Gasteiger partial charge in [-0.1, -0.05) is 35.5 Å². The van der Waals surface area contributed by atoms with Gasteiger partial charge in [-0.15, -0.1) is 0 Å². The summed E-state index contributed by atoms with van der Waals surface area (Å²) in [6.07, 6.45) is -4.38. The summed E-state index contributed by atoms with van der Waals surface area (Å²) in [4.78, 5) is 1.51. The third-order valence-electron chi connectivity index (χ3n) is 3.16. The Morgan fingerprint density at radius 1 is 1.05 bits per heavy atom. The maximum Gasteiger partial charge on any atom is 0.416 e. The Morgan fingerprint density at radius 2 is 1.76 bits per heavy atom. The lowest BCUT2D eigenvalue weighted by molar-refractivity contribution is -0.138.